The number of halogens is 3. The lowest BCUT2D eigenvalue weighted by molar-refractivity contribution is -0.0537. The molecule has 0 unspecified atom stereocenters. The number of alkyl halides is 3. The summed E-state index contributed by atoms with van der Waals surface area (Å²) in [5.74, 6) is 0.665. The first-order valence-electron chi connectivity index (χ1n) is 4.22. The lowest BCUT2D eigenvalue weighted by Crippen LogP contribution is -2.08. The zero-order chi connectivity index (χ0) is 11.3. The summed E-state index contributed by atoms with van der Waals surface area (Å²) in [4.78, 5) is 3.28. The second-order valence-electron chi connectivity index (χ2n) is 2.86. The van der Waals surface area contributed by atoms with Crippen LogP contribution >= 0.6 is 0 Å². The Morgan fingerprint density at radius 2 is 1.87 bits per heavy atom. The second-order valence-corrected chi connectivity index (χ2v) is 2.86. The Balaban J connectivity index is 2.55. The zero-order valence-corrected chi connectivity index (χ0v) is 8.08. The van der Waals surface area contributed by atoms with Gasteiger partial charge in [0.1, 0.15) is 12.0 Å². The van der Waals surface area contributed by atoms with E-state index in [1.54, 1.807) is 24.3 Å². The maximum Gasteiger partial charge on any atom is 0.426 e. The van der Waals surface area contributed by atoms with Crippen LogP contribution in [0.25, 0.3) is 0 Å². The Morgan fingerprint density at radius 3 is 2.33 bits per heavy atom. The zero-order valence-electron chi connectivity index (χ0n) is 8.08. The fourth-order valence-electron chi connectivity index (χ4n) is 0.986. The van der Waals surface area contributed by atoms with E-state index in [9.17, 15) is 13.2 Å². The minimum absolute atomic E-state index is 0.00275. The number of rotatable bonds is 3. The molecule has 0 bridgehead atoms. The summed E-state index contributed by atoms with van der Waals surface area (Å²) < 4.78 is 40.0. The van der Waals surface area contributed by atoms with Crippen LogP contribution in [-0.4, -0.2) is 19.5 Å². The van der Waals surface area contributed by atoms with Crippen LogP contribution in [0.3, 0.4) is 0 Å². The normalized spacial score (nSPS) is 12.0. The highest BCUT2D eigenvalue weighted by molar-refractivity contribution is 5.63. The monoisotopic (exact) mass is 217 g/mol. The maximum atomic E-state index is 11.7. The van der Waals surface area contributed by atoms with Gasteiger partial charge in [-0.3, -0.25) is 4.99 Å². The molecular weight excluding hydrogens is 207 g/mol. The van der Waals surface area contributed by atoms with Crippen molar-refractivity contribution in [1.29, 1.82) is 0 Å². The Morgan fingerprint density at radius 1 is 1.27 bits per heavy atom. The van der Waals surface area contributed by atoms with Crippen molar-refractivity contribution in [3.63, 3.8) is 0 Å². The van der Waals surface area contributed by atoms with Crippen LogP contribution < -0.4 is 4.74 Å². The molecule has 1 aromatic carbocycles. The second kappa shape index (κ2) is 4.82. The number of nitrogens with zero attached hydrogens (tertiary/aromatic N) is 1. The smallest absolute Gasteiger partial charge is 0.426 e. The molecule has 1 rings (SSSR count). The number of hydrogen-bond acceptors (Lipinski definition) is 2. The quantitative estimate of drug-likeness (QED) is 0.713. The van der Waals surface area contributed by atoms with Gasteiger partial charge >= 0.3 is 6.18 Å². The molecule has 0 fully saturated rings. The number of ether oxygens (including phenoxy) is 1. The van der Waals surface area contributed by atoms with Gasteiger partial charge in [0.05, 0.1) is 13.7 Å². The van der Waals surface area contributed by atoms with E-state index >= 15 is 0 Å². The van der Waals surface area contributed by atoms with Crippen LogP contribution in [0.2, 0.25) is 0 Å². The molecule has 1 aromatic rings. The molecular formula is C10H10F3NO. The van der Waals surface area contributed by atoms with Crippen molar-refractivity contribution in [2.75, 3.05) is 7.11 Å². The molecule has 0 amide bonds. The summed E-state index contributed by atoms with van der Waals surface area (Å²) in [5, 5.41) is 0. The summed E-state index contributed by atoms with van der Waals surface area (Å²) >= 11 is 0. The Labute approximate surface area is 85.4 Å². The third kappa shape index (κ3) is 4.49. The van der Waals surface area contributed by atoms with Crippen LogP contribution in [0.4, 0.5) is 13.2 Å². The van der Waals surface area contributed by atoms with Gasteiger partial charge in [0.15, 0.2) is 0 Å². The van der Waals surface area contributed by atoms with Crippen LogP contribution in [0, 0.1) is 0 Å². The van der Waals surface area contributed by atoms with Gasteiger partial charge in [-0.15, -0.1) is 0 Å². The fraction of sp³-hybridized carbons (Fsp3) is 0.300. The largest absolute Gasteiger partial charge is 0.497 e. The number of aliphatic imine (C=N–C) groups is 1. The van der Waals surface area contributed by atoms with E-state index in [4.69, 9.17) is 4.74 Å². The van der Waals surface area contributed by atoms with Crippen molar-refractivity contribution >= 4 is 6.21 Å². The average Bonchev–Trinajstić information content (AvgIpc) is 2.17. The highest BCUT2D eigenvalue weighted by Gasteiger charge is 2.23. The van der Waals surface area contributed by atoms with Gasteiger partial charge < -0.3 is 4.74 Å². The molecule has 0 atom stereocenters. The van der Waals surface area contributed by atoms with Crippen molar-refractivity contribution < 1.29 is 17.9 Å². The predicted octanol–water partition coefficient (Wildman–Crippen LogP) is 2.83. The molecule has 0 spiro atoms. The van der Waals surface area contributed by atoms with Crippen molar-refractivity contribution in [2.45, 2.75) is 12.7 Å². The van der Waals surface area contributed by atoms with Gasteiger partial charge in [0.25, 0.3) is 0 Å². The van der Waals surface area contributed by atoms with Gasteiger partial charge in [-0.25, -0.2) is 0 Å². The molecule has 0 saturated carbocycles. The Hall–Kier alpha value is -1.52. The highest BCUT2D eigenvalue weighted by atomic mass is 19.4. The molecule has 15 heavy (non-hydrogen) atoms. The Kier molecular flexibility index (Phi) is 3.71. The lowest BCUT2D eigenvalue weighted by Gasteiger charge is -2.01. The van der Waals surface area contributed by atoms with Gasteiger partial charge in [-0.05, 0) is 17.7 Å². The molecule has 0 radical (unpaired) electrons. The first kappa shape index (κ1) is 11.6. The third-order valence-corrected chi connectivity index (χ3v) is 1.67. The van der Waals surface area contributed by atoms with Gasteiger partial charge in [0.2, 0.25) is 0 Å². The van der Waals surface area contributed by atoms with E-state index < -0.39 is 6.18 Å². The minimum Gasteiger partial charge on any atom is -0.497 e. The van der Waals surface area contributed by atoms with E-state index in [0.717, 1.165) is 0 Å². The number of hydrogen-bond donors (Lipinski definition) is 0. The number of benzene rings is 1. The summed E-state index contributed by atoms with van der Waals surface area (Å²) in [6.45, 7) is 0.0174. The summed E-state index contributed by atoms with van der Waals surface area (Å²) in [5.41, 5.74) is 0.705. The topological polar surface area (TPSA) is 21.6 Å². The summed E-state index contributed by atoms with van der Waals surface area (Å²) in [6, 6.07) is 6.70. The van der Waals surface area contributed by atoms with Crippen molar-refractivity contribution in [2.24, 2.45) is 4.99 Å². The number of methoxy groups -OCH3 is 1. The SMILES string of the molecule is COc1ccc(CN=CC(F)(F)F)cc1. The van der Waals surface area contributed by atoms with E-state index in [2.05, 4.69) is 4.99 Å². The highest BCUT2D eigenvalue weighted by Crippen LogP contribution is 2.13. The van der Waals surface area contributed by atoms with E-state index in [1.165, 1.54) is 7.11 Å². The average molecular weight is 217 g/mol. The summed E-state index contributed by atoms with van der Waals surface area (Å²) in [7, 11) is 1.52. The van der Waals surface area contributed by atoms with Crippen molar-refractivity contribution in [3.05, 3.63) is 29.8 Å². The van der Waals surface area contributed by atoms with Gasteiger partial charge in [-0.2, -0.15) is 13.2 Å². The van der Waals surface area contributed by atoms with Gasteiger partial charge in [0, 0.05) is 0 Å². The first-order valence-corrected chi connectivity index (χ1v) is 4.22. The maximum absolute atomic E-state index is 11.7. The Bertz CT molecular complexity index is 330. The fourth-order valence-corrected chi connectivity index (χ4v) is 0.986. The van der Waals surface area contributed by atoms with Crippen molar-refractivity contribution in [3.8, 4) is 5.75 Å². The van der Waals surface area contributed by atoms with E-state index in [1.807, 2.05) is 0 Å². The lowest BCUT2D eigenvalue weighted by atomic mass is 10.2. The summed E-state index contributed by atoms with van der Waals surface area (Å²) in [6.07, 6.45) is -4.34. The van der Waals surface area contributed by atoms with Crippen LogP contribution in [-0.2, 0) is 6.54 Å². The minimum atomic E-state index is -4.34. The molecule has 82 valence electrons. The molecule has 2 nitrogen and oxygen atoms in total. The molecule has 0 aliphatic carbocycles. The molecule has 0 aromatic heterocycles. The van der Waals surface area contributed by atoms with Crippen LogP contribution in [0.5, 0.6) is 5.75 Å². The van der Waals surface area contributed by atoms with Crippen LogP contribution in [0.1, 0.15) is 5.56 Å². The van der Waals surface area contributed by atoms with E-state index in [0.29, 0.717) is 11.3 Å². The first-order chi connectivity index (χ1) is 7.01. The molecule has 0 saturated heterocycles. The molecule has 0 aliphatic rings. The molecule has 5 heteroatoms. The molecule has 0 aliphatic heterocycles. The van der Waals surface area contributed by atoms with E-state index in [-0.39, 0.29) is 12.8 Å². The van der Waals surface area contributed by atoms with Crippen molar-refractivity contribution in [1.82, 2.24) is 0 Å². The van der Waals surface area contributed by atoms with Gasteiger partial charge in [-0.1, -0.05) is 12.1 Å². The predicted molar refractivity (Wildman–Crippen MR) is 51.2 cm³/mol. The molecule has 0 N–H and O–H groups in total. The molecule has 0 heterocycles. The standard InChI is InChI=1S/C10H10F3NO/c1-15-9-4-2-8(3-5-9)6-14-7-10(11,12)13/h2-5,7H,6H2,1H3. The van der Waals surface area contributed by atoms with Crippen LogP contribution in [0.15, 0.2) is 29.3 Å². The third-order valence-electron chi connectivity index (χ3n) is 1.67.